The maximum atomic E-state index is 12.4. The van der Waals surface area contributed by atoms with E-state index in [0.717, 1.165) is 51.4 Å². The molecule has 0 aromatic carbocycles. The van der Waals surface area contributed by atoms with Crippen molar-refractivity contribution in [2.45, 2.75) is 154 Å². The molecule has 0 bridgehead atoms. The quantitative estimate of drug-likeness (QED) is 0.0259. The average Bonchev–Trinajstić information content (AvgIpc) is 3.05. The standard InChI is InChI=1S/C36H64NO10P/c1-3-5-7-9-11-12-13-14-15-16-17-18-19-20-22-23-25-27-34(38)44-29-32(30-45-48(42,43)46-31-33(37)36(40)41)47-35(39)28-26-24-21-10-8-6-4-2/h14-15,17-18,20,22,32-33H,3-13,16,19,21,23-31,37H2,1-2H3,(H,40,41)(H,42,43)/b15-14+,18-17+,22-20+/t32-,33+/m0/s1. The Bertz CT molecular complexity index is 968. The molecule has 0 heterocycles. The summed E-state index contributed by atoms with van der Waals surface area (Å²) in [7, 11) is -4.71. The smallest absolute Gasteiger partial charge is 0.472 e. The zero-order valence-electron chi connectivity index (χ0n) is 29.6. The lowest BCUT2D eigenvalue weighted by atomic mass is 10.1. The van der Waals surface area contributed by atoms with E-state index in [1.807, 2.05) is 6.08 Å². The summed E-state index contributed by atoms with van der Waals surface area (Å²) in [6.07, 6.45) is 31.1. The number of esters is 2. The lowest BCUT2D eigenvalue weighted by Crippen LogP contribution is -2.34. The number of phosphoric ester groups is 1. The number of ether oxygens (including phenoxy) is 2. The van der Waals surface area contributed by atoms with E-state index in [1.54, 1.807) is 0 Å². The predicted molar refractivity (Wildman–Crippen MR) is 189 cm³/mol. The van der Waals surface area contributed by atoms with Crippen LogP contribution in [0.1, 0.15) is 142 Å². The molecule has 4 N–H and O–H groups in total. The van der Waals surface area contributed by atoms with Gasteiger partial charge in [0.15, 0.2) is 6.10 Å². The predicted octanol–water partition coefficient (Wildman–Crippen LogP) is 8.50. The molecule has 1 unspecified atom stereocenters. The Balaban J connectivity index is 4.46. The van der Waals surface area contributed by atoms with E-state index < -0.39 is 51.1 Å². The van der Waals surface area contributed by atoms with Crippen LogP contribution in [0.4, 0.5) is 0 Å². The van der Waals surface area contributed by atoms with Gasteiger partial charge >= 0.3 is 25.7 Å². The Morgan fingerprint density at radius 1 is 0.646 bits per heavy atom. The van der Waals surface area contributed by atoms with E-state index in [1.165, 1.54) is 44.9 Å². The first-order valence-corrected chi connectivity index (χ1v) is 19.5. The molecule has 0 fully saturated rings. The SMILES string of the molecule is CCCCCCCC/C=C/C/C=C/C/C=C/CCCC(=O)OC[C@@H](COP(=O)(O)OC[C@@H](N)C(=O)O)OC(=O)CCCCCCCCC. The Hall–Kier alpha value is -2.30. The second kappa shape index (κ2) is 31.9. The molecule has 0 spiro atoms. The topological polar surface area (TPSA) is 172 Å². The Morgan fingerprint density at radius 2 is 1.12 bits per heavy atom. The minimum Gasteiger partial charge on any atom is -0.480 e. The second-order valence-electron chi connectivity index (χ2n) is 12.0. The summed E-state index contributed by atoms with van der Waals surface area (Å²) < 4.78 is 32.3. The number of carbonyl (C=O) groups is 3. The zero-order chi connectivity index (χ0) is 35.7. The third-order valence-electron chi connectivity index (χ3n) is 7.39. The molecule has 3 atom stereocenters. The number of phosphoric acid groups is 1. The molecule has 0 aliphatic carbocycles. The van der Waals surface area contributed by atoms with Gasteiger partial charge in [0.2, 0.25) is 0 Å². The van der Waals surface area contributed by atoms with E-state index in [4.69, 9.17) is 24.8 Å². The highest BCUT2D eigenvalue weighted by Gasteiger charge is 2.28. The van der Waals surface area contributed by atoms with Crippen molar-refractivity contribution in [3.8, 4) is 0 Å². The van der Waals surface area contributed by atoms with Crippen molar-refractivity contribution >= 4 is 25.7 Å². The van der Waals surface area contributed by atoms with Crippen molar-refractivity contribution in [2.24, 2.45) is 5.73 Å². The van der Waals surface area contributed by atoms with E-state index in [2.05, 4.69) is 48.8 Å². The first-order valence-electron chi connectivity index (χ1n) is 18.0. The molecule has 0 saturated heterocycles. The van der Waals surface area contributed by atoms with Crippen molar-refractivity contribution < 1.29 is 47.5 Å². The largest absolute Gasteiger partial charge is 0.480 e. The minimum atomic E-state index is -4.71. The summed E-state index contributed by atoms with van der Waals surface area (Å²) in [5, 5.41) is 8.82. The van der Waals surface area contributed by atoms with E-state index in [9.17, 15) is 23.8 Å². The second-order valence-corrected chi connectivity index (χ2v) is 13.5. The first kappa shape index (κ1) is 45.7. The average molecular weight is 702 g/mol. The fourth-order valence-corrected chi connectivity index (χ4v) is 5.27. The van der Waals surface area contributed by atoms with Gasteiger partial charge in [-0.2, -0.15) is 0 Å². The van der Waals surface area contributed by atoms with Gasteiger partial charge < -0.3 is 25.2 Å². The van der Waals surface area contributed by atoms with Crippen LogP contribution in [0.15, 0.2) is 36.5 Å². The highest BCUT2D eigenvalue weighted by Crippen LogP contribution is 2.43. The van der Waals surface area contributed by atoms with Crippen LogP contribution in [0, 0.1) is 0 Å². The number of carboxylic acid groups (broad SMARTS) is 1. The summed E-state index contributed by atoms with van der Waals surface area (Å²) in [5.41, 5.74) is 5.29. The van der Waals surface area contributed by atoms with Crippen LogP contribution < -0.4 is 5.73 Å². The van der Waals surface area contributed by atoms with Gasteiger partial charge in [-0.1, -0.05) is 121 Å². The van der Waals surface area contributed by atoms with Gasteiger partial charge in [-0.3, -0.25) is 23.4 Å². The molecule has 48 heavy (non-hydrogen) atoms. The number of unbranched alkanes of at least 4 members (excludes halogenated alkanes) is 13. The summed E-state index contributed by atoms with van der Waals surface area (Å²) in [6.45, 7) is 2.65. The number of carbonyl (C=O) groups excluding carboxylic acids is 2. The van der Waals surface area contributed by atoms with Gasteiger partial charge in [-0.15, -0.1) is 0 Å². The van der Waals surface area contributed by atoms with Gasteiger partial charge in [-0.25, -0.2) is 4.57 Å². The fourth-order valence-electron chi connectivity index (χ4n) is 4.49. The highest BCUT2D eigenvalue weighted by molar-refractivity contribution is 7.47. The van der Waals surface area contributed by atoms with Gasteiger partial charge in [0, 0.05) is 12.8 Å². The van der Waals surface area contributed by atoms with Crippen LogP contribution in [0.3, 0.4) is 0 Å². The Kier molecular flexibility index (Phi) is 30.4. The van der Waals surface area contributed by atoms with Crippen LogP contribution in [0.5, 0.6) is 0 Å². The van der Waals surface area contributed by atoms with Crippen LogP contribution in [0.2, 0.25) is 0 Å². The molecule has 0 radical (unpaired) electrons. The normalized spacial score (nSPS) is 14.4. The van der Waals surface area contributed by atoms with Crippen LogP contribution in [0.25, 0.3) is 0 Å². The Morgan fingerprint density at radius 3 is 1.71 bits per heavy atom. The van der Waals surface area contributed by atoms with Gasteiger partial charge in [0.1, 0.15) is 12.6 Å². The fraction of sp³-hybridized carbons (Fsp3) is 0.750. The van der Waals surface area contributed by atoms with E-state index in [-0.39, 0.29) is 19.4 Å². The van der Waals surface area contributed by atoms with Gasteiger partial charge in [-0.05, 0) is 44.9 Å². The number of hydrogen-bond donors (Lipinski definition) is 3. The maximum absolute atomic E-state index is 12.4. The first-order chi connectivity index (χ1) is 23.1. The van der Waals surface area contributed by atoms with Crippen molar-refractivity contribution in [3.05, 3.63) is 36.5 Å². The van der Waals surface area contributed by atoms with Gasteiger partial charge in [0.25, 0.3) is 0 Å². The summed E-state index contributed by atoms with van der Waals surface area (Å²) in [6, 6.07) is -1.52. The highest BCUT2D eigenvalue weighted by atomic mass is 31.2. The van der Waals surface area contributed by atoms with Crippen molar-refractivity contribution in [2.75, 3.05) is 19.8 Å². The summed E-state index contributed by atoms with van der Waals surface area (Å²) in [4.78, 5) is 45.4. The molecule has 0 amide bonds. The number of allylic oxidation sites excluding steroid dienone is 6. The molecule has 0 aromatic heterocycles. The van der Waals surface area contributed by atoms with E-state index in [0.29, 0.717) is 19.3 Å². The molecule has 0 aromatic rings. The van der Waals surface area contributed by atoms with Crippen LogP contribution in [-0.2, 0) is 37.5 Å². The minimum absolute atomic E-state index is 0.149. The van der Waals surface area contributed by atoms with Crippen molar-refractivity contribution in [3.63, 3.8) is 0 Å². The number of carboxylic acids is 1. The molecular weight excluding hydrogens is 637 g/mol. The molecule has 0 aliphatic rings. The third-order valence-corrected chi connectivity index (χ3v) is 8.34. The van der Waals surface area contributed by atoms with E-state index >= 15 is 0 Å². The summed E-state index contributed by atoms with van der Waals surface area (Å²) >= 11 is 0. The lowest BCUT2D eigenvalue weighted by Gasteiger charge is -2.20. The summed E-state index contributed by atoms with van der Waals surface area (Å²) in [5.74, 6) is -2.46. The lowest BCUT2D eigenvalue weighted by molar-refractivity contribution is -0.161. The third kappa shape index (κ3) is 31.0. The number of rotatable bonds is 33. The van der Waals surface area contributed by atoms with Crippen molar-refractivity contribution in [1.82, 2.24) is 0 Å². The maximum Gasteiger partial charge on any atom is 0.472 e. The molecule has 11 nitrogen and oxygen atoms in total. The molecule has 0 aliphatic heterocycles. The number of nitrogens with two attached hydrogens (primary N) is 1. The van der Waals surface area contributed by atoms with Crippen molar-refractivity contribution in [1.29, 1.82) is 0 Å². The van der Waals surface area contributed by atoms with Gasteiger partial charge in [0.05, 0.1) is 13.2 Å². The molecular formula is C36H64NO10P. The monoisotopic (exact) mass is 701 g/mol. The molecule has 0 saturated carbocycles. The Labute approximate surface area is 289 Å². The molecule has 278 valence electrons. The molecule has 0 rings (SSSR count). The molecule has 12 heteroatoms. The number of aliphatic carboxylic acids is 1. The van der Waals surface area contributed by atoms with Crippen LogP contribution >= 0.6 is 7.82 Å². The zero-order valence-corrected chi connectivity index (χ0v) is 30.5. The number of hydrogen-bond acceptors (Lipinski definition) is 9. The van der Waals surface area contributed by atoms with Crippen LogP contribution in [-0.4, -0.2) is 59.9 Å².